The van der Waals surface area contributed by atoms with Crippen molar-refractivity contribution in [3.63, 3.8) is 0 Å². The summed E-state index contributed by atoms with van der Waals surface area (Å²) in [5.41, 5.74) is 0.248. The quantitative estimate of drug-likeness (QED) is 0.652. The lowest BCUT2D eigenvalue weighted by atomic mass is 10.1. The van der Waals surface area contributed by atoms with E-state index in [1.807, 2.05) is 17.5 Å². The first-order valence-electron chi connectivity index (χ1n) is 3.56. The van der Waals surface area contributed by atoms with E-state index in [9.17, 15) is 5.11 Å². The molecule has 0 fully saturated rings. The van der Waals surface area contributed by atoms with E-state index in [0.29, 0.717) is 4.90 Å². The number of hydrogen-bond acceptors (Lipinski definition) is 4. The fourth-order valence-corrected chi connectivity index (χ4v) is 2.31. The molecule has 1 N–H and O–H groups in total. The molecule has 0 aliphatic rings. The third kappa shape index (κ3) is 1.17. The Morgan fingerprint density at radius 2 is 2.31 bits per heavy atom. The zero-order chi connectivity index (χ0) is 9.42. The highest BCUT2D eigenvalue weighted by Crippen LogP contribution is 2.36. The van der Waals surface area contributed by atoms with Crippen LogP contribution in [0.1, 0.15) is 5.56 Å². The number of fused-ring (bicyclic) bond motifs is 1. The number of rotatable bonds is 0. The van der Waals surface area contributed by atoms with Crippen molar-refractivity contribution < 1.29 is 5.11 Å². The lowest BCUT2D eigenvalue weighted by Gasteiger charge is -2.00. The minimum absolute atomic E-state index is 0.0417. The molecule has 64 valence electrons. The van der Waals surface area contributed by atoms with Crippen LogP contribution in [0.25, 0.3) is 10.1 Å². The second-order valence-corrected chi connectivity index (χ2v) is 3.97. The van der Waals surface area contributed by atoms with E-state index < -0.39 is 0 Å². The molecule has 1 heterocycles. The molecule has 0 amide bonds. The molecule has 0 atom stereocenters. The number of aromatic hydroxyl groups is 1. The second kappa shape index (κ2) is 2.95. The molecule has 0 saturated heterocycles. The van der Waals surface area contributed by atoms with Crippen LogP contribution in [0.5, 0.6) is 5.75 Å². The highest BCUT2D eigenvalue weighted by atomic mass is 32.1. The molecular formula is C9H5NOS2. The Morgan fingerprint density at radius 3 is 3.00 bits per heavy atom. The molecule has 0 aliphatic carbocycles. The lowest BCUT2D eigenvalue weighted by molar-refractivity contribution is 0.479. The van der Waals surface area contributed by atoms with E-state index in [2.05, 4.69) is 12.6 Å². The average Bonchev–Trinajstić information content (AvgIpc) is 2.53. The van der Waals surface area contributed by atoms with Gasteiger partial charge in [0, 0.05) is 4.90 Å². The fourth-order valence-electron chi connectivity index (χ4n) is 1.19. The van der Waals surface area contributed by atoms with Crippen LogP contribution in [0.4, 0.5) is 0 Å². The standard InChI is InChI=1S/C9H5NOS2/c10-4-6-7(12)3-5-1-2-13-9(5)8(6)11/h1-3,11-12H. The van der Waals surface area contributed by atoms with Crippen molar-refractivity contribution in [1.82, 2.24) is 0 Å². The van der Waals surface area contributed by atoms with Gasteiger partial charge in [0.15, 0.2) is 5.75 Å². The monoisotopic (exact) mass is 207 g/mol. The second-order valence-electron chi connectivity index (χ2n) is 2.57. The first-order valence-corrected chi connectivity index (χ1v) is 4.89. The van der Waals surface area contributed by atoms with Gasteiger partial charge in [0.2, 0.25) is 0 Å². The Morgan fingerprint density at radius 1 is 1.54 bits per heavy atom. The summed E-state index contributed by atoms with van der Waals surface area (Å²) in [7, 11) is 0. The van der Waals surface area contributed by atoms with Gasteiger partial charge >= 0.3 is 0 Å². The molecule has 1 aromatic carbocycles. The van der Waals surface area contributed by atoms with E-state index in [1.54, 1.807) is 6.07 Å². The molecule has 4 heteroatoms. The number of nitrogens with zero attached hydrogens (tertiary/aromatic N) is 1. The molecule has 0 bridgehead atoms. The summed E-state index contributed by atoms with van der Waals surface area (Å²) in [4.78, 5) is 0.519. The summed E-state index contributed by atoms with van der Waals surface area (Å²) in [5.74, 6) is 0.0417. The van der Waals surface area contributed by atoms with Crippen LogP contribution < -0.4 is 0 Å². The van der Waals surface area contributed by atoms with E-state index in [4.69, 9.17) is 5.26 Å². The third-order valence-corrected chi connectivity index (χ3v) is 3.10. The number of thiol groups is 1. The van der Waals surface area contributed by atoms with Gasteiger partial charge in [-0.15, -0.1) is 24.0 Å². The van der Waals surface area contributed by atoms with Gasteiger partial charge in [-0.1, -0.05) is 0 Å². The van der Waals surface area contributed by atoms with Gasteiger partial charge in [-0.2, -0.15) is 5.26 Å². The molecule has 0 aliphatic heterocycles. The SMILES string of the molecule is N#Cc1c(S)cc2ccsc2c1O. The number of phenolic OH excluding ortho intramolecular Hbond substituents is 1. The Labute approximate surface area is 84.5 Å². The number of benzene rings is 1. The van der Waals surface area contributed by atoms with Crippen molar-refractivity contribution in [2.75, 3.05) is 0 Å². The van der Waals surface area contributed by atoms with E-state index in [-0.39, 0.29) is 11.3 Å². The lowest BCUT2D eigenvalue weighted by Crippen LogP contribution is -1.79. The molecule has 2 rings (SSSR count). The van der Waals surface area contributed by atoms with Crippen LogP contribution >= 0.6 is 24.0 Å². The van der Waals surface area contributed by atoms with Gasteiger partial charge in [-0.3, -0.25) is 0 Å². The highest BCUT2D eigenvalue weighted by Gasteiger charge is 2.10. The van der Waals surface area contributed by atoms with E-state index in [0.717, 1.165) is 10.1 Å². The molecule has 0 saturated carbocycles. The minimum atomic E-state index is 0.0417. The summed E-state index contributed by atoms with van der Waals surface area (Å²) >= 11 is 5.54. The molecule has 0 radical (unpaired) electrons. The first-order chi connectivity index (χ1) is 6.24. The number of thiophene rings is 1. The molecular weight excluding hydrogens is 202 g/mol. The van der Waals surface area contributed by atoms with Gasteiger partial charge in [-0.25, -0.2) is 0 Å². The Balaban J connectivity index is 2.95. The van der Waals surface area contributed by atoms with Crippen LogP contribution in [-0.2, 0) is 0 Å². The third-order valence-electron chi connectivity index (χ3n) is 1.81. The van der Waals surface area contributed by atoms with Crippen molar-refractivity contribution in [2.24, 2.45) is 0 Å². The zero-order valence-corrected chi connectivity index (χ0v) is 8.19. The van der Waals surface area contributed by atoms with Crippen molar-refractivity contribution in [3.8, 4) is 11.8 Å². The number of nitriles is 1. The molecule has 1 aromatic heterocycles. The predicted octanol–water partition coefficient (Wildman–Crippen LogP) is 2.77. The van der Waals surface area contributed by atoms with E-state index >= 15 is 0 Å². The zero-order valence-electron chi connectivity index (χ0n) is 6.48. The van der Waals surface area contributed by atoms with Gasteiger partial charge < -0.3 is 5.11 Å². The fraction of sp³-hybridized carbons (Fsp3) is 0. The highest BCUT2D eigenvalue weighted by molar-refractivity contribution is 7.80. The summed E-state index contributed by atoms with van der Waals surface area (Å²) < 4.78 is 0.745. The smallest absolute Gasteiger partial charge is 0.152 e. The van der Waals surface area contributed by atoms with Gasteiger partial charge in [0.05, 0.1) is 4.70 Å². The van der Waals surface area contributed by atoms with Crippen LogP contribution in [0.2, 0.25) is 0 Å². The number of phenols is 1. The summed E-state index contributed by atoms with van der Waals surface area (Å²) in [6.07, 6.45) is 0. The summed E-state index contributed by atoms with van der Waals surface area (Å²) in [5, 5.41) is 21.2. The maximum atomic E-state index is 9.66. The summed E-state index contributed by atoms with van der Waals surface area (Å²) in [6, 6.07) is 5.60. The van der Waals surface area contributed by atoms with Crippen molar-refractivity contribution in [2.45, 2.75) is 4.90 Å². The van der Waals surface area contributed by atoms with Crippen molar-refractivity contribution >= 4 is 34.1 Å². The van der Waals surface area contributed by atoms with Crippen LogP contribution in [0.3, 0.4) is 0 Å². The van der Waals surface area contributed by atoms with Gasteiger partial charge in [-0.05, 0) is 22.9 Å². The Bertz CT molecular complexity index is 510. The minimum Gasteiger partial charge on any atom is -0.505 e. The normalized spacial score (nSPS) is 10.2. The number of hydrogen-bond donors (Lipinski definition) is 2. The van der Waals surface area contributed by atoms with Crippen LogP contribution in [0.15, 0.2) is 22.4 Å². The predicted molar refractivity (Wildman–Crippen MR) is 55.5 cm³/mol. The Hall–Kier alpha value is -1.18. The Kier molecular flexibility index (Phi) is 1.91. The van der Waals surface area contributed by atoms with Crippen LogP contribution in [-0.4, -0.2) is 5.11 Å². The molecule has 0 spiro atoms. The molecule has 13 heavy (non-hydrogen) atoms. The molecule has 2 aromatic rings. The van der Waals surface area contributed by atoms with Crippen LogP contribution in [0, 0.1) is 11.3 Å². The maximum absolute atomic E-state index is 9.66. The molecule has 0 unspecified atom stereocenters. The average molecular weight is 207 g/mol. The molecule has 2 nitrogen and oxygen atoms in total. The maximum Gasteiger partial charge on any atom is 0.152 e. The van der Waals surface area contributed by atoms with Gasteiger partial charge in [0.25, 0.3) is 0 Å². The largest absolute Gasteiger partial charge is 0.505 e. The van der Waals surface area contributed by atoms with E-state index in [1.165, 1.54) is 11.3 Å². The van der Waals surface area contributed by atoms with Gasteiger partial charge in [0.1, 0.15) is 11.6 Å². The van der Waals surface area contributed by atoms with Crippen molar-refractivity contribution in [3.05, 3.63) is 23.1 Å². The van der Waals surface area contributed by atoms with Crippen molar-refractivity contribution in [1.29, 1.82) is 5.26 Å². The summed E-state index contributed by atoms with van der Waals surface area (Å²) in [6.45, 7) is 0. The topological polar surface area (TPSA) is 44.0 Å². The first kappa shape index (κ1) is 8.42.